The fourth-order valence-electron chi connectivity index (χ4n) is 2.19. The van der Waals surface area contributed by atoms with Gasteiger partial charge in [-0.15, -0.1) is 0 Å². The number of morpholine rings is 1. The van der Waals surface area contributed by atoms with Gasteiger partial charge in [0.2, 0.25) is 17.8 Å². The van der Waals surface area contributed by atoms with Crippen LogP contribution in [0.5, 0.6) is 0 Å². The largest absolute Gasteiger partial charge is 0.389 e. The molecule has 2 rings (SSSR count). The zero-order chi connectivity index (χ0) is 15.5. The van der Waals surface area contributed by atoms with Crippen LogP contribution in [0.15, 0.2) is 0 Å². The second kappa shape index (κ2) is 6.40. The Hall–Kier alpha value is -1.67. The number of aliphatic hydroxyl groups is 1. The van der Waals surface area contributed by atoms with Crippen LogP contribution in [0.4, 0.5) is 17.8 Å². The molecule has 8 heteroatoms. The van der Waals surface area contributed by atoms with E-state index in [1.165, 1.54) is 0 Å². The van der Waals surface area contributed by atoms with Crippen molar-refractivity contribution < 1.29 is 9.84 Å². The van der Waals surface area contributed by atoms with E-state index in [0.29, 0.717) is 37.6 Å². The molecule has 0 bridgehead atoms. The Morgan fingerprint density at radius 2 is 1.95 bits per heavy atom. The van der Waals surface area contributed by atoms with Gasteiger partial charge in [-0.1, -0.05) is 0 Å². The number of hydrogen-bond donors (Lipinski definition) is 2. The summed E-state index contributed by atoms with van der Waals surface area (Å²) in [5.74, 6) is 1.69. The van der Waals surface area contributed by atoms with Crippen molar-refractivity contribution >= 4 is 17.8 Å². The van der Waals surface area contributed by atoms with Gasteiger partial charge < -0.3 is 25.0 Å². The molecule has 21 heavy (non-hydrogen) atoms. The third-order valence-corrected chi connectivity index (χ3v) is 3.09. The molecule has 0 aromatic carbocycles. The van der Waals surface area contributed by atoms with E-state index >= 15 is 0 Å². The standard InChI is InChI=1S/C13H24N6O2/c1-13(2,20)9-18(4)11-15-10(14-3)16-12(17-11)19-5-7-21-8-6-19/h20H,5-9H2,1-4H3,(H,14,15,16,17). The molecule has 1 aromatic heterocycles. The summed E-state index contributed by atoms with van der Waals surface area (Å²) in [6.07, 6.45) is 0. The summed E-state index contributed by atoms with van der Waals surface area (Å²) in [5.41, 5.74) is -0.819. The average Bonchev–Trinajstić information content (AvgIpc) is 2.46. The SMILES string of the molecule is CNc1nc(N(C)CC(C)(C)O)nc(N2CCOCC2)n1. The van der Waals surface area contributed by atoms with Crippen LogP contribution in [0.1, 0.15) is 13.8 Å². The van der Waals surface area contributed by atoms with Crippen LogP contribution in [-0.4, -0.2) is 72.6 Å². The molecule has 0 amide bonds. The second-order valence-corrected chi connectivity index (χ2v) is 5.78. The predicted molar refractivity (Wildman–Crippen MR) is 82.0 cm³/mol. The van der Waals surface area contributed by atoms with E-state index in [0.717, 1.165) is 13.1 Å². The van der Waals surface area contributed by atoms with Gasteiger partial charge in [-0.3, -0.25) is 0 Å². The lowest BCUT2D eigenvalue weighted by Crippen LogP contribution is -2.39. The summed E-state index contributed by atoms with van der Waals surface area (Å²) in [7, 11) is 3.63. The van der Waals surface area contributed by atoms with Crippen LogP contribution in [-0.2, 0) is 4.74 Å². The molecule has 0 saturated carbocycles. The quantitative estimate of drug-likeness (QED) is 0.782. The first-order chi connectivity index (χ1) is 9.89. The van der Waals surface area contributed by atoms with Crippen molar-refractivity contribution in [3.63, 3.8) is 0 Å². The molecule has 0 atom stereocenters. The predicted octanol–water partition coefficient (Wildman–Crippen LogP) is -0.0430. The molecule has 1 fully saturated rings. The van der Waals surface area contributed by atoms with E-state index in [2.05, 4.69) is 25.2 Å². The summed E-state index contributed by atoms with van der Waals surface area (Å²) >= 11 is 0. The smallest absolute Gasteiger partial charge is 0.232 e. The van der Waals surface area contributed by atoms with Crippen molar-refractivity contribution in [1.29, 1.82) is 0 Å². The Morgan fingerprint density at radius 3 is 2.52 bits per heavy atom. The minimum atomic E-state index is -0.819. The first-order valence-corrected chi connectivity index (χ1v) is 7.09. The zero-order valence-corrected chi connectivity index (χ0v) is 13.1. The maximum Gasteiger partial charge on any atom is 0.232 e. The Kier molecular flexibility index (Phi) is 4.79. The Balaban J connectivity index is 2.24. The molecule has 118 valence electrons. The van der Waals surface area contributed by atoms with Gasteiger partial charge in [-0.2, -0.15) is 15.0 Å². The minimum Gasteiger partial charge on any atom is -0.389 e. The van der Waals surface area contributed by atoms with Gasteiger partial charge in [-0.25, -0.2) is 0 Å². The third-order valence-electron chi connectivity index (χ3n) is 3.09. The van der Waals surface area contributed by atoms with Gasteiger partial charge in [-0.05, 0) is 13.8 Å². The van der Waals surface area contributed by atoms with Crippen LogP contribution in [0.2, 0.25) is 0 Å². The molecule has 0 spiro atoms. The summed E-state index contributed by atoms with van der Waals surface area (Å²) in [6.45, 7) is 6.83. The maximum atomic E-state index is 9.94. The molecule has 1 aliphatic rings. The number of likely N-dealkylation sites (N-methyl/N-ethyl adjacent to an activating group) is 1. The lowest BCUT2D eigenvalue weighted by molar-refractivity contribution is 0.0883. The number of nitrogens with zero attached hydrogens (tertiary/aromatic N) is 5. The summed E-state index contributed by atoms with van der Waals surface area (Å²) < 4.78 is 5.35. The summed E-state index contributed by atoms with van der Waals surface area (Å²) in [5, 5.41) is 12.9. The van der Waals surface area contributed by atoms with Crippen molar-refractivity contribution in [3.8, 4) is 0 Å². The molecule has 1 saturated heterocycles. The molecular weight excluding hydrogens is 272 g/mol. The number of nitrogens with one attached hydrogen (secondary N) is 1. The number of anilines is 3. The fraction of sp³-hybridized carbons (Fsp3) is 0.769. The normalized spacial score (nSPS) is 16.0. The molecule has 1 aliphatic heterocycles. The summed E-state index contributed by atoms with van der Waals surface area (Å²) in [6, 6.07) is 0. The van der Waals surface area contributed by atoms with Gasteiger partial charge in [0, 0.05) is 33.7 Å². The molecular formula is C13H24N6O2. The molecule has 8 nitrogen and oxygen atoms in total. The van der Waals surface area contributed by atoms with Gasteiger partial charge in [0.1, 0.15) is 0 Å². The highest BCUT2D eigenvalue weighted by Crippen LogP contribution is 2.18. The first kappa shape index (κ1) is 15.7. The minimum absolute atomic E-state index is 0.433. The van der Waals surface area contributed by atoms with Crippen LogP contribution in [0, 0.1) is 0 Å². The van der Waals surface area contributed by atoms with Crippen molar-refractivity contribution in [3.05, 3.63) is 0 Å². The maximum absolute atomic E-state index is 9.94. The van der Waals surface area contributed by atoms with Crippen LogP contribution in [0.25, 0.3) is 0 Å². The molecule has 1 aromatic rings. The molecule has 2 heterocycles. The van der Waals surface area contributed by atoms with Crippen LogP contribution in [0.3, 0.4) is 0 Å². The number of rotatable bonds is 5. The number of aromatic nitrogens is 3. The van der Waals surface area contributed by atoms with Gasteiger partial charge in [0.15, 0.2) is 0 Å². The number of hydrogen-bond acceptors (Lipinski definition) is 8. The Labute approximate surface area is 125 Å². The van der Waals surface area contributed by atoms with Crippen molar-refractivity contribution in [1.82, 2.24) is 15.0 Å². The monoisotopic (exact) mass is 296 g/mol. The molecule has 0 aliphatic carbocycles. The molecule has 0 radical (unpaired) electrons. The van der Waals surface area contributed by atoms with Crippen molar-refractivity contribution in [2.24, 2.45) is 0 Å². The van der Waals surface area contributed by atoms with E-state index in [9.17, 15) is 5.11 Å². The first-order valence-electron chi connectivity index (χ1n) is 7.09. The summed E-state index contributed by atoms with van der Waals surface area (Å²) in [4.78, 5) is 17.2. The highest BCUT2D eigenvalue weighted by Gasteiger charge is 2.21. The van der Waals surface area contributed by atoms with Gasteiger partial charge in [0.25, 0.3) is 0 Å². The topological polar surface area (TPSA) is 86.6 Å². The highest BCUT2D eigenvalue weighted by atomic mass is 16.5. The van der Waals surface area contributed by atoms with Crippen molar-refractivity contribution in [2.75, 3.05) is 62.1 Å². The second-order valence-electron chi connectivity index (χ2n) is 5.78. The fourth-order valence-corrected chi connectivity index (χ4v) is 2.19. The van der Waals surface area contributed by atoms with Gasteiger partial charge >= 0.3 is 0 Å². The average molecular weight is 296 g/mol. The number of ether oxygens (including phenoxy) is 1. The zero-order valence-electron chi connectivity index (χ0n) is 13.1. The molecule has 2 N–H and O–H groups in total. The Bertz CT molecular complexity index is 470. The third kappa shape index (κ3) is 4.40. The van der Waals surface area contributed by atoms with Crippen LogP contribution < -0.4 is 15.1 Å². The van der Waals surface area contributed by atoms with Crippen LogP contribution >= 0.6 is 0 Å². The van der Waals surface area contributed by atoms with E-state index in [1.807, 2.05) is 11.9 Å². The van der Waals surface area contributed by atoms with E-state index in [4.69, 9.17) is 4.74 Å². The lowest BCUT2D eigenvalue weighted by Gasteiger charge is -2.29. The Morgan fingerprint density at radius 1 is 1.29 bits per heavy atom. The van der Waals surface area contributed by atoms with Crippen molar-refractivity contribution in [2.45, 2.75) is 19.4 Å². The lowest BCUT2D eigenvalue weighted by atomic mass is 10.1. The van der Waals surface area contributed by atoms with E-state index < -0.39 is 5.60 Å². The van der Waals surface area contributed by atoms with Gasteiger partial charge in [0.05, 0.1) is 18.8 Å². The molecule has 0 unspecified atom stereocenters. The van der Waals surface area contributed by atoms with E-state index in [1.54, 1.807) is 20.9 Å². The highest BCUT2D eigenvalue weighted by molar-refractivity contribution is 5.45. The van der Waals surface area contributed by atoms with E-state index in [-0.39, 0.29) is 0 Å².